The molecule has 238 valence electrons. The highest BCUT2D eigenvalue weighted by Crippen LogP contribution is 2.32. The third kappa shape index (κ3) is 8.11. The Labute approximate surface area is 261 Å². The van der Waals surface area contributed by atoms with Crippen molar-refractivity contribution in [3.8, 4) is 28.4 Å². The van der Waals surface area contributed by atoms with Crippen molar-refractivity contribution in [1.82, 2.24) is 4.90 Å². The first-order valence-corrected chi connectivity index (χ1v) is 14.2. The van der Waals surface area contributed by atoms with Crippen molar-refractivity contribution in [2.45, 2.75) is 32.2 Å². The van der Waals surface area contributed by atoms with Gasteiger partial charge in [-0.25, -0.2) is 4.79 Å². The van der Waals surface area contributed by atoms with E-state index >= 15 is 0 Å². The second-order valence-corrected chi connectivity index (χ2v) is 10.5. The van der Waals surface area contributed by atoms with Crippen molar-refractivity contribution in [1.29, 1.82) is 0 Å². The van der Waals surface area contributed by atoms with Crippen LogP contribution in [0.3, 0.4) is 0 Å². The number of non-ortho nitro benzene ring substituents is 1. The lowest BCUT2D eigenvalue weighted by molar-refractivity contribution is -0.384. The molecule has 4 aromatic rings. The maximum absolute atomic E-state index is 13.4. The van der Waals surface area contributed by atoms with Crippen LogP contribution in [0.25, 0.3) is 11.1 Å². The monoisotopic (exact) mass is 635 g/mol. The summed E-state index contributed by atoms with van der Waals surface area (Å²) in [6.07, 6.45) is -4.49. The molecule has 0 aromatic heterocycles. The molecule has 1 N–H and O–H groups in total. The molecule has 4 aromatic carbocycles. The van der Waals surface area contributed by atoms with Gasteiger partial charge in [0.05, 0.1) is 4.92 Å². The van der Waals surface area contributed by atoms with Gasteiger partial charge in [-0.3, -0.25) is 14.9 Å². The number of anilines is 1. The van der Waals surface area contributed by atoms with Gasteiger partial charge in [0, 0.05) is 55.4 Å². The van der Waals surface area contributed by atoms with Crippen LogP contribution in [-0.4, -0.2) is 47.4 Å². The van der Waals surface area contributed by atoms with Crippen LogP contribution in [0.2, 0.25) is 0 Å². The Morgan fingerprint density at radius 2 is 1.54 bits per heavy atom. The van der Waals surface area contributed by atoms with Crippen LogP contribution in [0.4, 0.5) is 29.3 Å². The minimum Gasteiger partial charge on any atom is -0.490 e. The Kier molecular flexibility index (Phi) is 9.40. The van der Waals surface area contributed by atoms with E-state index in [2.05, 4.69) is 10.1 Å². The molecule has 0 saturated carbocycles. The van der Waals surface area contributed by atoms with E-state index in [0.29, 0.717) is 54.1 Å². The number of aryl methyl sites for hydroxylation is 1. The summed E-state index contributed by atoms with van der Waals surface area (Å²) in [6, 6.07) is 22.6. The molecule has 0 spiro atoms. The summed E-state index contributed by atoms with van der Waals surface area (Å²) >= 11 is 0. The van der Waals surface area contributed by atoms with E-state index in [0.717, 1.165) is 5.56 Å². The Bertz CT molecular complexity index is 1720. The number of halogens is 3. The fourth-order valence-electron chi connectivity index (χ4n) is 5.06. The van der Waals surface area contributed by atoms with Crippen molar-refractivity contribution in [2.24, 2.45) is 0 Å². The number of nitrogens with one attached hydrogen (secondary N) is 1. The number of benzene rings is 4. The fourth-order valence-corrected chi connectivity index (χ4v) is 5.06. The smallest absolute Gasteiger partial charge is 0.490 e. The molecule has 1 saturated heterocycles. The van der Waals surface area contributed by atoms with Gasteiger partial charge in [-0.15, -0.1) is 13.2 Å². The van der Waals surface area contributed by atoms with Crippen molar-refractivity contribution in [3.05, 3.63) is 112 Å². The average Bonchev–Trinajstić information content (AvgIpc) is 3.01. The number of carbonyl (C=O) groups excluding carboxylic acids is 2. The molecule has 1 heterocycles. The predicted molar refractivity (Wildman–Crippen MR) is 162 cm³/mol. The number of hydrogen-bond donors (Lipinski definition) is 1. The molecule has 0 aliphatic carbocycles. The number of likely N-dealkylation sites (tertiary alicyclic amines) is 1. The average molecular weight is 636 g/mol. The molecule has 5 rings (SSSR count). The Morgan fingerprint density at radius 3 is 2.20 bits per heavy atom. The highest BCUT2D eigenvalue weighted by atomic mass is 19.4. The molecular formula is C33H28F3N3O7. The predicted octanol–water partition coefficient (Wildman–Crippen LogP) is 7.76. The minimum atomic E-state index is -4.81. The SMILES string of the molecule is Cc1cccc(C(=O)Nc2cccc(OC3CCN(C(=O)Oc4ccc([N+](=O)[O-])cc4)CC3)c2)c1-c1ccc(OC(F)(F)F)cc1. The largest absolute Gasteiger partial charge is 0.573 e. The van der Waals surface area contributed by atoms with Crippen LogP contribution >= 0.6 is 0 Å². The number of nitro groups is 1. The van der Waals surface area contributed by atoms with Crippen LogP contribution in [-0.2, 0) is 0 Å². The van der Waals surface area contributed by atoms with Gasteiger partial charge in [-0.2, -0.15) is 0 Å². The van der Waals surface area contributed by atoms with Gasteiger partial charge < -0.3 is 24.4 Å². The molecule has 46 heavy (non-hydrogen) atoms. The summed E-state index contributed by atoms with van der Waals surface area (Å²) in [4.78, 5) is 37.8. The van der Waals surface area contributed by atoms with Crippen LogP contribution in [0, 0.1) is 17.0 Å². The van der Waals surface area contributed by atoms with Gasteiger partial charge >= 0.3 is 12.5 Å². The van der Waals surface area contributed by atoms with Gasteiger partial charge in [0.1, 0.15) is 23.4 Å². The van der Waals surface area contributed by atoms with Gasteiger partial charge in [-0.1, -0.05) is 30.3 Å². The van der Waals surface area contributed by atoms with E-state index in [1.54, 1.807) is 49.4 Å². The van der Waals surface area contributed by atoms with Crippen molar-refractivity contribution >= 4 is 23.4 Å². The zero-order valence-corrected chi connectivity index (χ0v) is 24.5. The second-order valence-electron chi connectivity index (χ2n) is 10.5. The number of ether oxygens (including phenoxy) is 3. The molecule has 10 nitrogen and oxygen atoms in total. The Morgan fingerprint density at radius 1 is 0.891 bits per heavy atom. The third-order valence-corrected chi connectivity index (χ3v) is 7.24. The van der Waals surface area contributed by atoms with E-state index in [1.165, 1.54) is 53.4 Å². The van der Waals surface area contributed by atoms with Gasteiger partial charge in [-0.05, 0) is 66.1 Å². The number of rotatable bonds is 8. The summed E-state index contributed by atoms with van der Waals surface area (Å²) in [5, 5.41) is 13.7. The van der Waals surface area contributed by atoms with Crippen molar-refractivity contribution < 1.29 is 41.9 Å². The number of nitrogens with zero attached hydrogens (tertiary/aromatic N) is 2. The van der Waals surface area contributed by atoms with E-state index in [9.17, 15) is 32.9 Å². The van der Waals surface area contributed by atoms with E-state index in [4.69, 9.17) is 9.47 Å². The lowest BCUT2D eigenvalue weighted by atomic mass is 9.94. The van der Waals surface area contributed by atoms with Gasteiger partial charge in [0.15, 0.2) is 0 Å². The number of carbonyl (C=O) groups is 2. The molecule has 1 fully saturated rings. The first-order chi connectivity index (χ1) is 21.9. The number of alkyl halides is 3. The first-order valence-electron chi connectivity index (χ1n) is 14.2. The lowest BCUT2D eigenvalue weighted by Crippen LogP contribution is -2.43. The molecular weight excluding hydrogens is 607 g/mol. The van der Waals surface area contributed by atoms with E-state index in [1.807, 2.05) is 0 Å². The lowest BCUT2D eigenvalue weighted by Gasteiger charge is -2.31. The van der Waals surface area contributed by atoms with Crippen LogP contribution < -0.4 is 19.5 Å². The number of hydrogen-bond acceptors (Lipinski definition) is 7. The fraction of sp³-hybridized carbons (Fsp3) is 0.212. The van der Waals surface area contributed by atoms with Crippen LogP contribution in [0.15, 0.2) is 91.0 Å². The Balaban J connectivity index is 1.18. The molecule has 1 aliphatic rings. The molecule has 1 aliphatic heterocycles. The first kappa shape index (κ1) is 31.8. The third-order valence-electron chi connectivity index (χ3n) is 7.24. The number of nitro benzene ring substituents is 1. The van der Waals surface area contributed by atoms with Crippen molar-refractivity contribution in [3.63, 3.8) is 0 Å². The van der Waals surface area contributed by atoms with Gasteiger partial charge in [0.2, 0.25) is 0 Å². The highest BCUT2D eigenvalue weighted by molar-refractivity contribution is 6.09. The maximum atomic E-state index is 13.4. The zero-order valence-electron chi connectivity index (χ0n) is 24.5. The standard InChI is InChI=1S/C33H28F3N3O7/c1-21-4-2-7-29(30(21)22-8-12-27(13-9-22)46-33(34,35)36)31(40)37-23-5-3-6-28(20-23)44-26-16-18-38(19-17-26)32(41)45-25-14-10-24(11-15-25)39(42)43/h2-15,20,26H,16-19H2,1H3,(H,37,40). The number of piperidine rings is 1. The van der Waals surface area contributed by atoms with E-state index in [-0.39, 0.29) is 23.3 Å². The molecule has 0 bridgehead atoms. The molecule has 2 amide bonds. The van der Waals surface area contributed by atoms with Gasteiger partial charge in [0.25, 0.3) is 11.6 Å². The molecule has 0 radical (unpaired) electrons. The van der Waals surface area contributed by atoms with Crippen LogP contribution in [0.1, 0.15) is 28.8 Å². The molecule has 13 heteroatoms. The maximum Gasteiger partial charge on any atom is 0.573 e. The minimum absolute atomic E-state index is 0.103. The summed E-state index contributed by atoms with van der Waals surface area (Å²) in [5.74, 6) is -0.0414. The quantitative estimate of drug-likeness (QED) is 0.155. The van der Waals surface area contributed by atoms with Crippen LogP contribution in [0.5, 0.6) is 17.2 Å². The number of amides is 2. The van der Waals surface area contributed by atoms with E-state index < -0.39 is 23.3 Å². The second kappa shape index (κ2) is 13.6. The zero-order chi connectivity index (χ0) is 32.8. The topological polar surface area (TPSA) is 120 Å². The summed E-state index contributed by atoms with van der Waals surface area (Å²) < 4.78 is 53.2. The Hall–Kier alpha value is -5.59. The molecule has 0 unspecified atom stereocenters. The highest BCUT2D eigenvalue weighted by Gasteiger charge is 2.31. The summed E-state index contributed by atoms with van der Waals surface area (Å²) in [6.45, 7) is 2.57. The summed E-state index contributed by atoms with van der Waals surface area (Å²) in [7, 11) is 0. The van der Waals surface area contributed by atoms with Crippen molar-refractivity contribution in [2.75, 3.05) is 18.4 Å². The summed E-state index contributed by atoms with van der Waals surface area (Å²) in [5.41, 5.74) is 2.60. The normalized spacial score (nSPS) is 13.5. The molecule has 0 atom stereocenters.